The third-order valence-corrected chi connectivity index (χ3v) is 5.14. The van der Waals surface area contributed by atoms with Crippen LogP contribution >= 0.6 is 11.8 Å². The van der Waals surface area contributed by atoms with Gasteiger partial charge in [0.05, 0.1) is 0 Å². The first-order valence-electron chi connectivity index (χ1n) is 6.74. The summed E-state index contributed by atoms with van der Waals surface area (Å²) >= 11 is 1.99. The van der Waals surface area contributed by atoms with E-state index in [4.69, 9.17) is 0 Å². The van der Waals surface area contributed by atoms with Crippen molar-refractivity contribution in [1.29, 1.82) is 0 Å². The molecule has 1 spiro atoms. The average molecular weight is 242 g/mol. The Kier molecular flexibility index (Phi) is 4.57. The van der Waals surface area contributed by atoms with Gasteiger partial charge in [-0.1, -0.05) is 26.2 Å². The van der Waals surface area contributed by atoms with Crippen molar-refractivity contribution in [1.82, 2.24) is 10.2 Å². The quantitative estimate of drug-likeness (QED) is 0.818. The summed E-state index contributed by atoms with van der Waals surface area (Å²) in [6.45, 7) is 7.34. The highest BCUT2D eigenvalue weighted by Crippen LogP contribution is 2.30. The second-order valence-electron chi connectivity index (χ2n) is 5.55. The van der Waals surface area contributed by atoms with Gasteiger partial charge in [0, 0.05) is 37.0 Å². The maximum atomic E-state index is 3.81. The first kappa shape index (κ1) is 12.7. The van der Waals surface area contributed by atoms with Gasteiger partial charge in [-0.2, -0.15) is 11.8 Å². The molecule has 1 atom stereocenters. The predicted molar refractivity (Wildman–Crippen MR) is 73.2 cm³/mol. The van der Waals surface area contributed by atoms with Gasteiger partial charge in [0.15, 0.2) is 0 Å². The highest BCUT2D eigenvalue weighted by molar-refractivity contribution is 7.99. The molecule has 0 amide bonds. The van der Waals surface area contributed by atoms with Crippen molar-refractivity contribution in [2.75, 3.05) is 32.4 Å². The number of piperazine rings is 1. The van der Waals surface area contributed by atoms with Gasteiger partial charge in [0.2, 0.25) is 0 Å². The van der Waals surface area contributed by atoms with Crippen LogP contribution in [0.15, 0.2) is 0 Å². The van der Waals surface area contributed by atoms with Crippen LogP contribution in [0.2, 0.25) is 0 Å². The number of nitrogens with zero attached hydrogens (tertiary/aromatic N) is 1. The molecule has 16 heavy (non-hydrogen) atoms. The predicted octanol–water partition coefficient (Wildman–Crippen LogP) is 2.35. The van der Waals surface area contributed by atoms with Crippen LogP contribution in [0.4, 0.5) is 0 Å². The zero-order valence-corrected chi connectivity index (χ0v) is 11.6. The highest BCUT2D eigenvalue weighted by Gasteiger charge is 2.36. The summed E-state index contributed by atoms with van der Waals surface area (Å²) in [5.74, 6) is 0. The Hall–Kier alpha value is 0.270. The molecule has 1 aliphatic carbocycles. The summed E-state index contributed by atoms with van der Waals surface area (Å²) < 4.78 is 0. The lowest BCUT2D eigenvalue weighted by atomic mass is 9.80. The van der Waals surface area contributed by atoms with Crippen LogP contribution in [0.5, 0.6) is 0 Å². The van der Waals surface area contributed by atoms with Crippen LogP contribution in [0.25, 0.3) is 0 Å². The van der Waals surface area contributed by atoms with Gasteiger partial charge in [-0.3, -0.25) is 4.90 Å². The van der Waals surface area contributed by atoms with Gasteiger partial charge in [-0.25, -0.2) is 0 Å². The summed E-state index contributed by atoms with van der Waals surface area (Å²) in [5, 5.41) is 4.58. The maximum Gasteiger partial charge on any atom is 0.0309 e. The lowest BCUT2D eigenvalue weighted by Gasteiger charge is -2.46. The Labute approximate surface area is 105 Å². The highest BCUT2D eigenvalue weighted by atomic mass is 32.2. The van der Waals surface area contributed by atoms with Gasteiger partial charge in [0.25, 0.3) is 0 Å². The van der Waals surface area contributed by atoms with Gasteiger partial charge in [-0.05, 0) is 19.1 Å². The molecule has 1 N–H and O–H groups in total. The van der Waals surface area contributed by atoms with Crippen LogP contribution in [0, 0.1) is 0 Å². The molecular formula is C13H26N2S. The molecule has 94 valence electrons. The molecule has 3 heteroatoms. The van der Waals surface area contributed by atoms with Crippen molar-refractivity contribution in [2.45, 2.75) is 49.8 Å². The van der Waals surface area contributed by atoms with Crippen molar-refractivity contribution >= 4 is 11.8 Å². The molecule has 0 aromatic carbocycles. The van der Waals surface area contributed by atoms with Crippen LogP contribution in [0.1, 0.15) is 39.0 Å². The SMILES string of the molecule is CSC(C)CN1CCNC2(CCCCC2)C1. The number of thioether (sulfide) groups is 1. The van der Waals surface area contributed by atoms with E-state index in [1.165, 1.54) is 58.3 Å². The molecule has 0 aromatic heterocycles. The molecule has 2 rings (SSSR count). The largest absolute Gasteiger partial charge is 0.309 e. The topological polar surface area (TPSA) is 15.3 Å². The number of hydrogen-bond donors (Lipinski definition) is 1. The smallest absolute Gasteiger partial charge is 0.0309 e. The lowest BCUT2D eigenvalue weighted by molar-refractivity contribution is 0.101. The fourth-order valence-corrected chi connectivity index (χ4v) is 3.56. The van der Waals surface area contributed by atoms with Crippen molar-refractivity contribution in [2.24, 2.45) is 0 Å². The zero-order valence-electron chi connectivity index (χ0n) is 10.8. The minimum Gasteiger partial charge on any atom is -0.309 e. The van der Waals surface area contributed by atoms with E-state index in [2.05, 4.69) is 23.4 Å². The van der Waals surface area contributed by atoms with E-state index >= 15 is 0 Å². The first-order chi connectivity index (χ1) is 7.74. The first-order valence-corrected chi connectivity index (χ1v) is 8.03. The van der Waals surface area contributed by atoms with E-state index in [1.807, 2.05) is 11.8 Å². The summed E-state index contributed by atoms with van der Waals surface area (Å²) in [4.78, 5) is 2.68. The van der Waals surface area contributed by atoms with Crippen molar-refractivity contribution in [3.05, 3.63) is 0 Å². The maximum absolute atomic E-state index is 3.81. The zero-order chi connectivity index (χ0) is 11.4. The fraction of sp³-hybridized carbons (Fsp3) is 1.00. The molecule has 2 nitrogen and oxygen atoms in total. The molecule has 1 saturated carbocycles. The van der Waals surface area contributed by atoms with Crippen LogP contribution in [-0.2, 0) is 0 Å². The summed E-state index contributed by atoms with van der Waals surface area (Å²) in [6.07, 6.45) is 9.33. The molecular weight excluding hydrogens is 216 g/mol. The Morgan fingerprint density at radius 2 is 2.06 bits per heavy atom. The number of nitrogens with one attached hydrogen (secondary N) is 1. The fourth-order valence-electron chi connectivity index (χ4n) is 3.20. The Morgan fingerprint density at radius 3 is 2.75 bits per heavy atom. The second kappa shape index (κ2) is 5.74. The van der Waals surface area contributed by atoms with E-state index in [-0.39, 0.29) is 0 Å². The van der Waals surface area contributed by atoms with E-state index in [0.29, 0.717) is 5.54 Å². The van der Waals surface area contributed by atoms with E-state index in [9.17, 15) is 0 Å². The molecule has 2 aliphatic rings. The van der Waals surface area contributed by atoms with Crippen molar-refractivity contribution < 1.29 is 0 Å². The third kappa shape index (κ3) is 3.14. The molecule has 0 aromatic rings. The summed E-state index contributed by atoms with van der Waals surface area (Å²) in [5.41, 5.74) is 0.481. The molecule has 0 bridgehead atoms. The lowest BCUT2D eigenvalue weighted by Crippen LogP contribution is -2.61. The molecule has 1 saturated heterocycles. The standard InChI is InChI=1S/C13H26N2S/c1-12(16-2)10-15-9-8-14-13(11-15)6-4-3-5-7-13/h12,14H,3-11H2,1-2H3. The molecule has 1 aliphatic heterocycles. The molecule has 1 heterocycles. The van der Waals surface area contributed by atoms with Crippen LogP contribution < -0.4 is 5.32 Å². The normalized spacial score (nSPS) is 28.1. The molecule has 2 fully saturated rings. The third-order valence-electron chi connectivity index (χ3n) is 4.18. The van der Waals surface area contributed by atoms with E-state index in [1.54, 1.807) is 0 Å². The number of rotatable bonds is 3. The number of hydrogen-bond acceptors (Lipinski definition) is 3. The average Bonchev–Trinajstić information content (AvgIpc) is 2.30. The second-order valence-corrected chi connectivity index (χ2v) is 6.83. The van der Waals surface area contributed by atoms with Crippen molar-refractivity contribution in [3.63, 3.8) is 0 Å². The Bertz CT molecular complexity index is 208. The van der Waals surface area contributed by atoms with Crippen LogP contribution in [0.3, 0.4) is 0 Å². The van der Waals surface area contributed by atoms with Crippen LogP contribution in [-0.4, -0.2) is 48.1 Å². The Balaban J connectivity index is 1.87. The minimum atomic E-state index is 0.481. The van der Waals surface area contributed by atoms with Gasteiger partial charge < -0.3 is 5.32 Å². The minimum absolute atomic E-state index is 0.481. The Morgan fingerprint density at radius 1 is 1.31 bits per heavy atom. The van der Waals surface area contributed by atoms with Crippen molar-refractivity contribution in [3.8, 4) is 0 Å². The molecule has 1 unspecified atom stereocenters. The summed E-state index contributed by atoms with van der Waals surface area (Å²) in [7, 11) is 0. The van der Waals surface area contributed by atoms with Gasteiger partial charge >= 0.3 is 0 Å². The summed E-state index contributed by atoms with van der Waals surface area (Å²) in [6, 6.07) is 0. The molecule has 0 radical (unpaired) electrons. The van der Waals surface area contributed by atoms with E-state index < -0.39 is 0 Å². The monoisotopic (exact) mass is 242 g/mol. The van der Waals surface area contributed by atoms with Gasteiger partial charge in [0.1, 0.15) is 0 Å². The van der Waals surface area contributed by atoms with Gasteiger partial charge in [-0.15, -0.1) is 0 Å². The van der Waals surface area contributed by atoms with E-state index in [0.717, 1.165) is 5.25 Å².